The summed E-state index contributed by atoms with van der Waals surface area (Å²) >= 11 is 0. The summed E-state index contributed by atoms with van der Waals surface area (Å²) in [5, 5.41) is 0. The van der Waals surface area contributed by atoms with Gasteiger partial charge in [0.25, 0.3) is 0 Å². The molecule has 0 N–H and O–H groups in total. The minimum absolute atomic E-state index is 0.117. The Kier molecular flexibility index (Phi) is 5.67. The highest BCUT2D eigenvalue weighted by Crippen LogP contribution is 2.35. The molecule has 4 atom stereocenters. The van der Waals surface area contributed by atoms with Crippen LogP contribution in [0.25, 0.3) is 0 Å². The van der Waals surface area contributed by atoms with Crippen LogP contribution in [0.15, 0.2) is 60.7 Å². The minimum Gasteiger partial charge on any atom is -0.346 e. The predicted octanol–water partition coefficient (Wildman–Crippen LogP) is 4.40. The van der Waals surface area contributed by atoms with Crippen LogP contribution in [0.1, 0.15) is 37.9 Å². The molecule has 1 saturated heterocycles. The van der Waals surface area contributed by atoms with Gasteiger partial charge in [0.05, 0.1) is 18.8 Å². The van der Waals surface area contributed by atoms with Crippen LogP contribution in [0.2, 0.25) is 0 Å². The van der Waals surface area contributed by atoms with Crippen LogP contribution in [0, 0.1) is 0 Å². The Hall–Kier alpha value is -1.68. The number of likely N-dealkylation sites (N-methyl/N-ethyl adjacent to an activating group) is 1. The van der Waals surface area contributed by atoms with Crippen LogP contribution in [0.4, 0.5) is 0 Å². The van der Waals surface area contributed by atoms with E-state index >= 15 is 0 Å². The van der Waals surface area contributed by atoms with Gasteiger partial charge in [0.15, 0.2) is 6.29 Å². The van der Waals surface area contributed by atoms with Crippen LogP contribution < -0.4 is 0 Å². The Bertz CT molecular complexity index is 616. The number of morpholine rings is 1. The minimum atomic E-state index is -0.265. The van der Waals surface area contributed by atoms with Crippen LogP contribution in [0.3, 0.4) is 0 Å². The second-order valence-corrected chi connectivity index (χ2v) is 6.43. The van der Waals surface area contributed by atoms with E-state index in [1.165, 1.54) is 11.1 Å². The fourth-order valence-electron chi connectivity index (χ4n) is 3.45. The maximum atomic E-state index is 6.26. The second-order valence-electron chi connectivity index (χ2n) is 6.43. The fraction of sp³-hybridized carbons (Fsp3) is 0.429. The lowest BCUT2D eigenvalue weighted by Gasteiger charge is -2.47. The summed E-state index contributed by atoms with van der Waals surface area (Å²) in [6.07, 6.45) is -0.121. The van der Waals surface area contributed by atoms with Gasteiger partial charge < -0.3 is 9.47 Å². The number of benzene rings is 2. The van der Waals surface area contributed by atoms with Crippen molar-refractivity contribution >= 4 is 0 Å². The van der Waals surface area contributed by atoms with Crippen molar-refractivity contribution in [1.29, 1.82) is 0 Å². The fourth-order valence-corrected chi connectivity index (χ4v) is 3.45. The highest BCUT2D eigenvalue weighted by molar-refractivity contribution is 5.21. The van der Waals surface area contributed by atoms with Gasteiger partial charge in [0, 0.05) is 6.04 Å². The lowest BCUT2D eigenvalue weighted by atomic mass is 9.98. The van der Waals surface area contributed by atoms with Crippen molar-refractivity contribution in [2.45, 2.75) is 51.9 Å². The van der Waals surface area contributed by atoms with E-state index in [-0.39, 0.29) is 18.4 Å². The molecule has 2 unspecified atom stereocenters. The number of rotatable bonds is 5. The van der Waals surface area contributed by atoms with E-state index in [2.05, 4.69) is 68.1 Å². The summed E-state index contributed by atoms with van der Waals surface area (Å²) in [5.74, 6) is 0. The van der Waals surface area contributed by atoms with Gasteiger partial charge in [-0.2, -0.15) is 0 Å². The molecule has 0 amide bonds. The van der Waals surface area contributed by atoms with Crippen molar-refractivity contribution in [2.75, 3.05) is 6.54 Å². The first-order valence-corrected chi connectivity index (χ1v) is 8.82. The summed E-state index contributed by atoms with van der Waals surface area (Å²) in [4.78, 5) is 2.49. The van der Waals surface area contributed by atoms with E-state index in [1.54, 1.807) is 0 Å². The molecule has 1 fully saturated rings. The highest BCUT2D eigenvalue weighted by Gasteiger charge is 2.40. The van der Waals surface area contributed by atoms with E-state index in [1.807, 2.05) is 18.2 Å². The lowest BCUT2D eigenvalue weighted by molar-refractivity contribution is -0.254. The molecule has 3 heteroatoms. The van der Waals surface area contributed by atoms with Crippen LogP contribution >= 0.6 is 0 Å². The summed E-state index contributed by atoms with van der Waals surface area (Å²) in [6.45, 7) is 8.11. The Balaban J connectivity index is 1.83. The number of hydrogen-bond donors (Lipinski definition) is 0. The molecule has 0 saturated carbocycles. The zero-order valence-corrected chi connectivity index (χ0v) is 14.8. The molecular weight excluding hydrogens is 298 g/mol. The molecule has 0 aromatic heterocycles. The van der Waals surface area contributed by atoms with E-state index in [0.29, 0.717) is 12.6 Å². The monoisotopic (exact) mass is 325 g/mol. The molecule has 128 valence electrons. The predicted molar refractivity (Wildman–Crippen MR) is 96.6 cm³/mol. The van der Waals surface area contributed by atoms with Crippen molar-refractivity contribution in [3.63, 3.8) is 0 Å². The first kappa shape index (κ1) is 17.2. The molecular formula is C21H27NO2. The SMILES string of the molecule is CCN1C(C)C(C)O[C@H](OCc2ccccc2)[C@@H]1c1ccccc1. The molecule has 0 spiro atoms. The first-order chi connectivity index (χ1) is 11.7. The van der Waals surface area contributed by atoms with Crippen molar-refractivity contribution in [3.8, 4) is 0 Å². The highest BCUT2D eigenvalue weighted by atomic mass is 16.7. The number of nitrogens with zero attached hydrogens (tertiary/aromatic N) is 1. The molecule has 0 aliphatic carbocycles. The Morgan fingerprint density at radius 2 is 1.58 bits per heavy atom. The molecule has 2 aromatic carbocycles. The topological polar surface area (TPSA) is 21.7 Å². The van der Waals surface area contributed by atoms with Crippen LogP contribution in [-0.2, 0) is 16.1 Å². The van der Waals surface area contributed by atoms with Gasteiger partial charge in [-0.05, 0) is 31.5 Å². The van der Waals surface area contributed by atoms with Gasteiger partial charge in [-0.3, -0.25) is 4.90 Å². The summed E-state index contributed by atoms with van der Waals surface area (Å²) < 4.78 is 12.5. The van der Waals surface area contributed by atoms with Crippen molar-refractivity contribution < 1.29 is 9.47 Å². The standard InChI is InChI=1S/C21H27NO2/c1-4-22-16(2)17(3)24-21(20(22)19-13-9-6-10-14-19)23-15-18-11-7-5-8-12-18/h5-14,16-17,20-21H,4,15H2,1-3H3/t16?,17?,20-,21-/m0/s1. The smallest absolute Gasteiger partial charge is 0.177 e. The van der Waals surface area contributed by atoms with Gasteiger partial charge >= 0.3 is 0 Å². The third-order valence-electron chi connectivity index (χ3n) is 4.93. The summed E-state index contributed by atoms with van der Waals surface area (Å²) in [6, 6.07) is 21.3. The average molecular weight is 325 g/mol. The lowest BCUT2D eigenvalue weighted by Crippen LogP contribution is -2.54. The van der Waals surface area contributed by atoms with E-state index in [9.17, 15) is 0 Å². The van der Waals surface area contributed by atoms with Gasteiger partial charge in [0.2, 0.25) is 0 Å². The molecule has 0 bridgehead atoms. The van der Waals surface area contributed by atoms with Gasteiger partial charge in [-0.25, -0.2) is 0 Å². The van der Waals surface area contributed by atoms with Crippen LogP contribution in [0.5, 0.6) is 0 Å². The van der Waals surface area contributed by atoms with Crippen molar-refractivity contribution in [3.05, 3.63) is 71.8 Å². The Labute approximate surface area is 145 Å². The third kappa shape index (κ3) is 3.69. The third-order valence-corrected chi connectivity index (χ3v) is 4.93. The van der Waals surface area contributed by atoms with E-state index < -0.39 is 0 Å². The van der Waals surface area contributed by atoms with Crippen LogP contribution in [-0.4, -0.2) is 29.9 Å². The maximum Gasteiger partial charge on any atom is 0.177 e. The molecule has 0 radical (unpaired) electrons. The zero-order chi connectivity index (χ0) is 16.9. The van der Waals surface area contributed by atoms with Gasteiger partial charge in [0.1, 0.15) is 0 Å². The molecule has 24 heavy (non-hydrogen) atoms. The average Bonchev–Trinajstić information content (AvgIpc) is 2.63. The van der Waals surface area contributed by atoms with Gasteiger partial charge in [-0.1, -0.05) is 67.6 Å². The quantitative estimate of drug-likeness (QED) is 0.813. The maximum absolute atomic E-state index is 6.26. The normalized spacial score (nSPS) is 28.0. The number of ether oxygens (including phenoxy) is 2. The molecule has 1 heterocycles. The Morgan fingerprint density at radius 3 is 2.21 bits per heavy atom. The molecule has 3 nitrogen and oxygen atoms in total. The molecule has 3 rings (SSSR count). The largest absolute Gasteiger partial charge is 0.346 e. The molecule has 1 aliphatic heterocycles. The first-order valence-electron chi connectivity index (χ1n) is 8.82. The summed E-state index contributed by atoms with van der Waals surface area (Å²) in [5.41, 5.74) is 2.42. The van der Waals surface area contributed by atoms with Crippen molar-refractivity contribution in [2.24, 2.45) is 0 Å². The van der Waals surface area contributed by atoms with E-state index in [4.69, 9.17) is 9.47 Å². The Morgan fingerprint density at radius 1 is 0.958 bits per heavy atom. The molecule has 2 aromatic rings. The molecule has 1 aliphatic rings. The second kappa shape index (κ2) is 7.93. The summed E-state index contributed by atoms with van der Waals surface area (Å²) in [7, 11) is 0. The zero-order valence-electron chi connectivity index (χ0n) is 14.8. The van der Waals surface area contributed by atoms with Gasteiger partial charge in [-0.15, -0.1) is 0 Å². The number of hydrogen-bond acceptors (Lipinski definition) is 3. The van der Waals surface area contributed by atoms with E-state index in [0.717, 1.165) is 6.54 Å². The van der Waals surface area contributed by atoms with Crippen molar-refractivity contribution in [1.82, 2.24) is 4.90 Å².